The first-order chi connectivity index (χ1) is 10.4. The van der Waals surface area contributed by atoms with E-state index in [1.54, 1.807) is 12.1 Å². The van der Waals surface area contributed by atoms with Crippen LogP contribution in [0.1, 0.15) is 5.56 Å². The lowest BCUT2D eigenvalue weighted by Crippen LogP contribution is -2.21. The van der Waals surface area contributed by atoms with Crippen LogP contribution in [0.3, 0.4) is 0 Å². The molecule has 0 spiro atoms. The number of sulfonamides is 1. The Labute approximate surface area is 137 Å². The van der Waals surface area contributed by atoms with Crippen molar-refractivity contribution in [2.45, 2.75) is 6.92 Å². The first-order valence-corrected chi connectivity index (χ1v) is 8.95. The van der Waals surface area contributed by atoms with E-state index >= 15 is 0 Å². The Morgan fingerprint density at radius 3 is 2.50 bits per heavy atom. The van der Waals surface area contributed by atoms with Crippen LogP contribution in [0.15, 0.2) is 46.9 Å². The summed E-state index contributed by atoms with van der Waals surface area (Å²) in [6.45, 7) is 1.80. The molecule has 22 heavy (non-hydrogen) atoms. The molecular formula is C15H15BrFNO3S. The third-order valence-corrected chi connectivity index (χ3v) is 4.62. The molecule has 0 heterocycles. The van der Waals surface area contributed by atoms with Gasteiger partial charge < -0.3 is 4.74 Å². The van der Waals surface area contributed by atoms with Crippen molar-refractivity contribution in [2.24, 2.45) is 0 Å². The first kappa shape index (κ1) is 16.8. The van der Waals surface area contributed by atoms with E-state index in [1.165, 1.54) is 24.3 Å². The van der Waals surface area contributed by atoms with Gasteiger partial charge in [0.05, 0.1) is 5.69 Å². The van der Waals surface area contributed by atoms with Gasteiger partial charge in [-0.2, -0.15) is 0 Å². The first-order valence-electron chi connectivity index (χ1n) is 6.51. The fourth-order valence-corrected chi connectivity index (χ4v) is 3.20. The number of aryl methyl sites for hydroxylation is 1. The maximum Gasteiger partial charge on any atom is 0.236 e. The molecule has 0 saturated heterocycles. The number of hydrogen-bond acceptors (Lipinski definition) is 3. The molecule has 2 rings (SSSR count). The molecule has 0 amide bonds. The predicted molar refractivity (Wildman–Crippen MR) is 88.2 cm³/mol. The molecule has 0 aliphatic heterocycles. The number of benzene rings is 2. The van der Waals surface area contributed by atoms with Gasteiger partial charge in [0.2, 0.25) is 10.0 Å². The Hall–Kier alpha value is -1.60. The molecule has 1 N–H and O–H groups in total. The average molecular weight is 388 g/mol. The number of rotatable bonds is 6. The molecular weight excluding hydrogens is 373 g/mol. The normalized spacial score (nSPS) is 11.2. The summed E-state index contributed by atoms with van der Waals surface area (Å²) < 4.78 is 45.5. The van der Waals surface area contributed by atoms with Gasteiger partial charge in [-0.25, -0.2) is 12.8 Å². The smallest absolute Gasteiger partial charge is 0.236 e. The zero-order valence-corrected chi connectivity index (χ0v) is 14.2. The van der Waals surface area contributed by atoms with Crippen LogP contribution in [-0.4, -0.2) is 20.8 Å². The van der Waals surface area contributed by atoms with Crippen molar-refractivity contribution in [3.63, 3.8) is 0 Å². The molecule has 0 fully saturated rings. The molecule has 0 radical (unpaired) electrons. The second-order valence-corrected chi connectivity index (χ2v) is 7.44. The molecule has 0 aliphatic rings. The number of ether oxygens (including phenoxy) is 1. The van der Waals surface area contributed by atoms with Crippen molar-refractivity contribution >= 4 is 31.6 Å². The quantitative estimate of drug-likeness (QED) is 0.821. The van der Waals surface area contributed by atoms with Crippen LogP contribution in [0, 0.1) is 12.7 Å². The van der Waals surface area contributed by atoms with Gasteiger partial charge in [-0.15, -0.1) is 0 Å². The van der Waals surface area contributed by atoms with E-state index in [0.717, 1.165) is 10.0 Å². The Kier molecular flexibility index (Phi) is 5.42. The van der Waals surface area contributed by atoms with Crippen molar-refractivity contribution in [1.29, 1.82) is 0 Å². The van der Waals surface area contributed by atoms with Crippen LogP contribution in [0.2, 0.25) is 0 Å². The highest BCUT2D eigenvalue weighted by Crippen LogP contribution is 2.21. The van der Waals surface area contributed by atoms with Crippen molar-refractivity contribution < 1.29 is 17.5 Å². The number of halogens is 2. The SMILES string of the molecule is Cc1cc(Br)ccc1NS(=O)(=O)CCOc1ccc(F)cc1. The van der Waals surface area contributed by atoms with Gasteiger partial charge >= 0.3 is 0 Å². The van der Waals surface area contributed by atoms with Gasteiger partial charge in [-0.3, -0.25) is 4.72 Å². The summed E-state index contributed by atoms with van der Waals surface area (Å²) in [7, 11) is -3.51. The van der Waals surface area contributed by atoms with Crippen molar-refractivity contribution in [3.05, 3.63) is 58.3 Å². The molecule has 7 heteroatoms. The lowest BCUT2D eigenvalue weighted by Gasteiger charge is -2.11. The van der Waals surface area contributed by atoms with Crippen LogP contribution in [0.4, 0.5) is 10.1 Å². The lowest BCUT2D eigenvalue weighted by molar-refractivity contribution is 0.340. The molecule has 0 saturated carbocycles. The second kappa shape index (κ2) is 7.11. The standard InChI is InChI=1S/C15H15BrFNO3S/c1-11-10-12(16)2-7-15(11)18-22(19,20)9-8-21-14-5-3-13(17)4-6-14/h2-7,10,18H,8-9H2,1H3. The summed E-state index contributed by atoms with van der Waals surface area (Å²) in [4.78, 5) is 0. The van der Waals surface area contributed by atoms with Gasteiger partial charge in [0.1, 0.15) is 23.9 Å². The Morgan fingerprint density at radius 2 is 1.86 bits per heavy atom. The van der Waals surface area contributed by atoms with Crippen LogP contribution in [0.25, 0.3) is 0 Å². The lowest BCUT2D eigenvalue weighted by atomic mass is 10.2. The zero-order valence-electron chi connectivity index (χ0n) is 11.8. The van der Waals surface area contributed by atoms with E-state index in [-0.39, 0.29) is 18.2 Å². The zero-order chi connectivity index (χ0) is 16.2. The molecule has 4 nitrogen and oxygen atoms in total. The van der Waals surface area contributed by atoms with Crippen LogP contribution >= 0.6 is 15.9 Å². The summed E-state index contributed by atoms with van der Waals surface area (Å²) in [6.07, 6.45) is 0. The summed E-state index contributed by atoms with van der Waals surface area (Å²) >= 11 is 3.32. The van der Waals surface area contributed by atoms with Gasteiger partial charge in [0.15, 0.2) is 0 Å². The van der Waals surface area contributed by atoms with E-state index in [1.807, 2.05) is 13.0 Å². The van der Waals surface area contributed by atoms with Gasteiger partial charge in [-0.1, -0.05) is 15.9 Å². The highest BCUT2D eigenvalue weighted by atomic mass is 79.9. The molecule has 0 atom stereocenters. The molecule has 118 valence electrons. The molecule has 0 aliphatic carbocycles. The maximum atomic E-state index is 12.7. The summed E-state index contributed by atoms with van der Waals surface area (Å²) in [6, 6.07) is 10.7. The van der Waals surface area contributed by atoms with Gasteiger partial charge in [0.25, 0.3) is 0 Å². The van der Waals surface area contributed by atoms with Crippen LogP contribution in [-0.2, 0) is 10.0 Å². The van der Waals surface area contributed by atoms with Crippen LogP contribution in [0.5, 0.6) is 5.75 Å². The Morgan fingerprint density at radius 1 is 1.18 bits per heavy atom. The van der Waals surface area contributed by atoms with Crippen molar-refractivity contribution in [3.8, 4) is 5.75 Å². The fraction of sp³-hybridized carbons (Fsp3) is 0.200. The molecule has 2 aromatic rings. The van der Waals surface area contributed by atoms with E-state index in [2.05, 4.69) is 20.7 Å². The summed E-state index contributed by atoms with van der Waals surface area (Å²) in [5, 5.41) is 0. The largest absolute Gasteiger partial charge is 0.492 e. The fourth-order valence-electron chi connectivity index (χ4n) is 1.76. The minimum Gasteiger partial charge on any atom is -0.492 e. The van der Waals surface area contributed by atoms with E-state index < -0.39 is 10.0 Å². The van der Waals surface area contributed by atoms with Gasteiger partial charge in [-0.05, 0) is 55.0 Å². The summed E-state index contributed by atoms with van der Waals surface area (Å²) in [5.41, 5.74) is 1.35. The Balaban J connectivity index is 1.92. The van der Waals surface area contributed by atoms with Crippen molar-refractivity contribution in [1.82, 2.24) is 0 Å². The average Bonchev–Trinajstić information content (AvgIpc) is 2.44. The number of hydrogen-bond donors (Lipinski definition) is 1. The molecule has 0 bridgehead atoms. The second-order valence-electron chi connectivity index (χ2n) is 4.68. The number of nitrogens with one attached hydrogen (secondary N) is 1. The minimum atomic E-state index is -3.51. The monoisotopic (exact) mass is 387 g/mol. The maximum absolute atomic E-state index is 12.7. The number of anilines is 1. The highest BCUT2D eigenvalue weighted by molar-refractivity contribution is 9.10. The third-order valence-electron chi connectivity index (χ3n) is 2.89. The molecule has 0 unspecified atom stereocenters. The Bertz CT molecular complexity index is 748. The topological polar surface area (TPSA) is 55.4 Å². The van der Waals surface area contributed by atoms with E-state index in [4.69, 9.17) is 4.74 Å². The van der Waals surface area contributed by atoms with Crippen molar-refractivity contribution in [2.75, 3.05) is 17.1 Å². The highest BCUT2D eigenvalue weighted by Gasteiger charge is 2.12. The van der Waals surface area contributed by atoms with Crippen LogP contribution < -0.4 is 9.46 Å². The van der Waals surface area contributed by atoms with Gasteiger partial charge in [0, 0.05) is 4.47 Å². The third kappa shape index (κ3) is 4.99. The molecule has 0 aromatic heterocycles. The molecule has 2 aromatic carbocycles. The van der Waals surface area contributed by atoms with E-state index in [0.29, 0.717) is 11.4 Å². The minimum absolute atomic E-state index is 0.0173. The predicted octanol–water partition coefficient (Wildman–Crippen LogP) is 3.72. The van der Waals surface area contributed by atoms with E-state index in [9.17, 15) is 12.8 Å². The summed E-state index contributed by atoms with van der Waals surface area (Å²) in [5.74, 6) is -0.136.